The maximum Gasteiger partial charge on any atom is 0.481 e. The number of carbonyl (C=O) groups is 4. The number of nitrogens with one attached hydrogen (secondary N) is 2. The largest absolute Gasteiger partial charge is 0.481 e. The number of unbranched alkanes of at least 4 members (excludes halogenated alkanes) is 18. The van der Waals surface area contributed by atoms with Crippen molar-refractivity contribution in [2.24, 2.45) is 5.41 Å². The first-order valence-corrected chi connectivity index (χ1v) is 31.0. The van der Waals surface area contributed by atoms with E-state index in [1.54, 1.807) is 0 Å². The molecule has 2 aromatic heterocycles. The zero-order valence-corrected chi connectivity index (χ0v) is 46.3. The van der Waals surface area contributed by atoms with Gasteiger partial charge in [0.1, 0.15) is 42.0 Å². The summed E-state index contributed by atoms with van der Waals surface area (Å²) in [5.74, 6) is -1.38. The summed E-state index contributed by atoms with van der Waals surface area (Å²) in [7, 11) is -16.5. The number of imidazole rings is 1. The Morgan fingerprint density at radius 3 is 1.92 bits per heavy atom. The molecule has 1 aliphatic heterocycles. The first-order valence-electron chi connectivity index (χ1n) is 25.5. The standard InChI is InChI=1S/C45H80N7O18P3S/c1-4-5-6-7-8-9-10-11-12-13-14-15-16-17-18-19-20-21-22-23-33(53)28-36(55)74-27-26-47-35(54)24-25-48-43(58)40(57)45(2,3)30-67-73(64,65)70-72(62,63)66-29-34-39(69-71(59,60)61)38(56)44(68-34)52-32-51-37-41(46)49-31-50-42(37)52/h31-32,34,38-40,44,56-57H,4-30H2,1-3H3,(H,47,54)(H,48,58)(H,62,63)(H,64,65)(H2,46,49,50)(H2,59,60,61). The van der Waals surface area contributed by atoms with Crippen LogP contribution in [-0.4, -0.2) is 128 Å². The van der Waals surface area contributed by atoms with Gasteiger partial charge < -0.3 is 50.9 Å². The van der Waals surface area contributed by atoms with Gasteiger partial charge in [-0.15, -0.1) is 0 Å². The van der Waals surface area contributed by atoms with Crippen LogP contribution in [0.3, 0.4) is 0 Å². The number of phosphoric ester groups is 3. The third kappa shape index (κ3) is 25.6. The summed E-state index contributed by atoms with van der Waals surface area (Å²) in [5.41, 5.74) is 4.25. The number of nitrogens with zero attached hydrogens (tertiary/aromatic N) is 4. The van der Waals surface area contributed by atoms with Gasteiger partial charge in [-0.25, -0.2) is 28.6 Å². The maximum atomic E-state index is 12.8. The monoisotopic (exact) mass is 1130 g/mol. The topological polar surface area (TPSA) is 381 Å². The number of hydrogen-bond donors (Lipinski definition) is 9. The number of amides is 2. The van der Waals surface area contributed by atoms with Gasteiger partial charge in [0.2, 0.25) is 11.8 Å². The number of aliphatic hydroxyl groups is 2. The number of hydrogen-bond acceptors (Lipinski definition) is 19. The quantitative estimate of drug-likeness (QED) is 0.0196. The van der Waals surface area contributed by atoms with Gasteiger partial charge in [0.05, 0.1) is 26.0 Å². The first kappa shape index (κ1) is 65.5. The van der Waals surface area contributed by atoms with Crippen molar-refractivity contribution in [1.82, 2.24) is 30.2 Å². The number of ether oxygens (including phenoxy) is 1. The van der Waals surface area contributed by atoms with Crippen molar-refractivity contribution in [3.05, 3.63) is 12.7 Å². The molecule has 10 N–H and O–H groups in total. The minimum absolute atomic E-state index is 0.0270. The fourth-order valence-electron chi connectivity index (χ4n) is 8.00. The highest BCUT2D eigenvalue weighted by molar-refractivity contribution is 8.13. The lowest BCUT2D eigenvalue weighted by molar-refractivity contribution is -0.137. The number of aromatic nitrogens is 4. The third-order valence-electron chi connectivity index (χ3n) is 12.2. The van der Waals surface area contributed by atoms with Crippen LogP contribution < -0.4 is 16.4 Å². The molecule has 0 aliphatic carbocycles. The average molecular weight is 1130 g/mol. The SMILES string of the molecule is CCCCCCCCCCCCCCCCCCCCCC(=O)CC(=O)SCCNC(=O)CCNC(=O)C(O)C(C)(C)COP(=O)(O)OP(=O)(O)OCC1OC(n2cnc3c(N)ncnc32)C(O)C1OP(=O)(O)O. The molecule has 25 nitrogen and oxygen atoms in total. The Kier molecular flexibility index (Phi) is 29.7. The summed E-state index contributed by atoms with van der Waals surface area (Å²) >= 11 is 0.944. The summed E-state index contributed by atoms with van der Waals surface area (Å²) in [6, 6.07) is 0. The molecule has 1 fully saturated rings. The van der Waals surface area contributed by atoms with Crippen molar-refractivity contribution >= 4 is 74.9 Å². The molecule has 424 valence electrons. The number of thioether (sulfide) groups is 1. The smallest absolute Gasteiger partial charge is 0.386 e. The van der Waals surface area contributed by atoms with Gasteiger partial charge in [-0.2, -0.15) is 4.31 Å². The van der Waals surface area contributed by atoms with Crippen LogP contribution in [0, 0.1) is 5.41 Å². The zero-order chi connectivity index (χ0) is 54.8. The molecule has 0 aromatic carbocycles. The average Bonchev–Trinajstić information content (AvgIpc) is 3.89. The highest BCUT2D eigenvalue weighted by Gasteiger charge is 2.50. The van der Waals surface area contributed by atoms with Crippen LogP contribution in [0.2, 0.25) is 0 Å². The Morgan fingerprint density at radius 2 is 1.35 bits per heavy atom. The number of aliphatic hydroxyl groups excluding tert-OH is 2. The molecular weight excluding hydrogens is 1050 g/mol. The summed E-state index contributed by atoms with van der Waals surface area (Å²) < 4.78 is 62.5. The highest BCUT2D eigenvalue weighted by atomic mass is 32.2. The molecule has 0 radical (unpaired) electrons. The Morgan fingerprint density at radius 1 is 0.797 bits per heavy atom. The van der Waals surface area contributed by atoms with Crippen molar-refractivity contribution in [3.63, 3.8) is 0 Å². The molecule has 1 aliphatic rings. The number of rotatable bonds is 41. The predicted molar refractivity (Wildman–Crippen MR) is 275 cm³/mol. The second-order valence-corrected chi connectivity index (χ2v) is 24.5. The lowest BCUT2D eigenvalue weighted by Crippen LogP contribution is -2.46. The predicted octanol–water partition coefficient (Wildman–Crippen LogP) is 6.45. The number of nitrogen functional groups attached to an aromatic ring is 1. The van der Waals surface area contributed by atoms with E-state index >= 15 is 0 Å². The summed E-state index contributed by atoms with van der Waals surface area (Å²) in [6.07, 6.45) is 17.2. The Balaban J connectivity index is 1.24. The van der Waals surface area contributed by atoms with Gasteiger partial charge in [0.25, 0.3) is 0 Å². The molecule has 1 saturated heterocycles. The van der Waals surface area contributed by atoms with Crippen molar-refractivity contribution in [3.8, 4) is 0 Å². The number of phosphoric acid groups is 3. The van der Waals surface area contributed by atoms with E-state index in [1.165, 1.54) is 110 Å². The van der Waals surface area contributed by atoms with Gasteiger partial charge in [-0.05, 0) is 6.42 Å². The zero-order valence-electron chi connectivity index (χ0n) is 42.8. The maximum absolute atomic E-state index is 12.8. The van der Waals surface area contributed by atoms with Crippen molar-refractivity contribution in [2.75, 3.05) is 37.8 Å². The van der Waals surface area contributed by atoms with Crippen LogP contribution in [0.25, 0.3) is 11.2 Å². The van der Waals surface area contributed by atoms with E-state index < -0.39 is 84.6 Å². The highest BCUT2D eigenvalue weighted by Crippen LogP contribution is 2.61. The number of ketones is 1. The molecule has 29 heteroatoms. The van der Waals surface area contributed by atoms with Crippen LogP contribution in [0.15, 0.2) is 12.7 Å². The van der Waals surface area contributed by atoms with Gasteiger partial charge in [-0.3, -0.25) is 37.3 Å². The van der Waals surface area contributed by atoms with E-state index in [9.17, 15) is 62.7 Å². The molecule has 0 bridgehead atoms. The lowest BCUT2D eigenvalue weighted by Gasteiger charge is -2.30. The lowest BCUT2D eigenvalue weighted by atomic mass is 9.87. The second-order valence-electron chi connectivity index (χ2n) is 19.1. The van der Waals surface area contributed by atoms with Crippen LogP contribution >= 0.6 is 35.2 Å². The Bertz CT molecular complexity index is 2190. The van der Waals surface area contributed by atoms with E-state index in [1.807, 2.05) is 0 Å². The molecule has 7 unspecified atom stereocenters. The molecule has 2 aromatic rings. The van der Waals surface area contributed by atoms with Crippen LogP contribution in [-0.2, 0) is 55.5 Å². The molecular formula is C45H80N7O18P3S. The van der Waals surface area contributed by atoms with E-state index in [-0.39, 0.29) is 59.6 Å². The second kappa shape index (κ2) is 33.5. The fourth-order valence-corrected chi connectivity index (χ4v) is 11.5. The van der Waals surface area contributed by atoms with E-state index in [0.29, 0.717) is 6.42 Å². The summed E-state index contributed by atoms with van der Waals surface area (Å²) in [6.45, 7) is 2.61. The van der Waals surface area contributed by atoms with Crippen LogP contribution in [0.5, 0.6) is 0 Å². The fraction of sp³-hybridized carbons (Fsp3) is 0.800. The normalized spacial score (nSPS) is 19.3. The number of fused-ring (bicyclic) bond motifs is 1. The van der Waals surface area contributed by atoms with Gasteiger partial charge in [-0.1, -0.05) is 148 Å². The summed E-state index contributed by atoms with van der Waals surface area (Å²) in [4.78, 5) is 101. The molecule has 0 spiro atoms. The third-order valence-corrected chi connectivity index (χ3v) is 16.1. The molecule has 0 saturated carbocycles. The van der Waals surface area contributed by atoms with Crippen LogP contribution in [0.4, 0.5) is 5.82 Å². The number of carbonyl (C=O) groups excluding carboxylic acids is 4. The first-order chi connectivity index (χ1) is 34.9. The number of Topliss-reactive ketones (excluding diaryl/α,β-unsaturated/α-hetero) is 1. The number of anilines is 1. The van der Waals surface area contributed by atoms with E-state index in [0.717, 1.165) is 54.7 Å². The minimum atomic E-state index is -5.59. The number of nitrogens with two attached hydrogens (primary N) is 1. The molecule has 7 atom stereocenters. The van der Waals surface area contributed by atoms with E-state index in [4.69, 9.17) is 19.5 Å². The van der Waals surface area contributed by atoms with Crippen molar-refractivity contribution < 1.29 is 85.3 Å². The minimum Gasteiger partial charge on any atom is -0.386 e. The van der Waals surface area contributed by atoms with Crippen LogP contribution in [0.1, 0.15) is 168 Å². The summed E-state index contributed by atoms with van der Waals surface area (Å²) in [5, 5.41) is 26.3. The van der Waals surface area contributed by atoms with Gasteiger partial charge in [0, 0.05) is 37.1 Å². The molecule has 3 rings (SSSR count). The molecule has 74 heavy (non-hydrogen) atoms. The van der Waals surface area contributed by atoms with Gasteiger partial charge in [0.15, 0.2) is 22.8 Å². The van der Waals surface area contributed by atoms with Crippen molar-refractivity contribution in [2.45, 2.75) is 193 Å². The van der Waals surface area contributed by atoms with E-state index in [2.05, 4.69) is 41.3 Å². The molecule has 2 amide bonds. The Hall–Kier alpha value is -2.77. The van der Waals surface area contributed by atoms with Gasteiger partial charge >= 0.3 is 23.5 Å². The Labute approximate surface area is 437 Å². The molecule has 3 heterocycles. The van der Waals surface area contributed by atoms with Crippen molar-refractivity contribution in [1.29, 1.82) is 0 Å².